The van der Waals surface area contributed by atoms with Crippen molar-refractivity contribution in [1.82, 2.24) is 29.6 Å². The number of hydrogen-bond donors (Lipinski definition) is 1. The van der Waals surface area contributed by atoms with Gasteiger partial charge < -0.3 is 19.7 Å². The van der Waals surface area contributed by atoms with Gasteiger partial charge >= 0.3 is 5.97 Å². The Morgan fingerprint density at radius 1 is 1.15 bits per heavy atom. The van der Waals surface area contributed by atoms with Crippen LogP contribution in [0.3, 0.4) is 0 Å². The molecule has 41 heavy (non-hydrogen) atoms. The van der Waals surface area contributed by atoms with E-state index in [2.05, 4.69) is 41.3 Å². The molecule has 12 heteroatoms. The van der Waals surface area contributed by atoms with E-state index in [1.807, 2.05) is 45.2 Å². The van der Waals surface area contributed by atoms with E-state index in [-0.39, 0.29) is 24.1 Å². The van der Waals surface area contributed by atoms with Crippen molar-refractivity contribution in [2.75, 3.05) is 26.0 Å². The standard InChI is InChI=1S/C22H23N5O4.C7H9BrN2/c1-13-6-17(12-28)26(10-13)20(29)11-27-19-5-4-15(16-8-23-14(2)24-9-16)7-18(19)21(25-27)22(30)31-3;1-5-3-4-6(8)10-7(5)9-2/h4-5,7-9,12-13,17H,6,10-11H2,1-3H3;3-4H,1-2H3,(H,9,10). The summed E-state index contributed by atoms with van der Waals surface area (Å²) in [6, 6.07) is 9.01. The number of anilines is 1. The average molecular weight is 623 g/mol. The van der Waals surface area contributed by atoms with Crippen molar-refractivity contribution in [2.24, 2.45) is 5.92 Å². The number of nitrogens with zero attached hydrogens (tertiary/aromatic N) is 6. The number of rotatable bonds is 6. The maximum absolute atomic E-state index is 12.9. The highest BCUT2D eigenvalue weighted by Crippen LogP contribution is 2.28. The summed E-state index contributed by atoms with van der Waals surface area (Å²) in [5.74, 6) is 1.05. The van der Waals surface area contributed by atoms with E-state index in [0.29, 0.717) is 29.7 Å². The third-order valence-electron chi connectivity index (χ3n) is 6.86. The minimum atomic E-state index is -0.589. The van der Waals surface area contributed by atoms with Crippen molar-refractivity contribution in [3.8, 4) is 11.1 Å². The van der Waals surface area contributed by atoms with Crippen LogP contribution in [0.25, 0.3) is 22.0 Å². The predicted octanol–water partition coefficient (Wildman–Crippen LogP) is 4.22. The Kier molecular flexibility index (Phi) is 9.43. The molecule has 0 bridgehead atoms. The normalized spacial score (nSPS) is 16.2. The second-order valence-electron chi connectivity index (χ2n) is 9.89. The van der Waals surface area contributed by atoms with Gasteiger partial charge in [-0.15, -0.1) is 0 Å². The maximum atomic E-state index is 12.9. The van der Waals surface area contributed by atoms with Crippen LogP contribution < -0.4 is 5.32 Å². The Balaban J connectivity index is 0.000000328. The molecule has 1 N–H and O–H groups in total. The SMILES string of the molecule is CNc1nc(Br)ccc1C.COC(=O)c1nn(CC(=O)N2CC(C)CC2C=O)c2ccc(-c3cnc(C)nc3)cc12. The number of carbonyl (C=O) groups is 3. The van der Waals surface area contributed by atoms with E-state index in [9.17, 15) is 14.4 Å². The van der Waals surface area contributed by atoms with Gasteiger partial charge in [0.15, 0.2) is 5.69 Å². The molecular weight excluding hydrogens is 590 g/mol. The number of benzene rings is 1. The molecule has 1 aromatic carbocycles. The fraction of sp³-hybridized carbons (Fsp3) is 0.345. The highest BCUT2D eigenvalue weighted by Gasteiger charge is 2.33. The van der Waals surface area contributed by atoms with Crippen LogP contribution >= 0.6 is 15.9 Å². The average Bonchev–Trinajstić information content (AvgIpc) is 3.54. The topological polar surface area (TPSA) is 132 Å². The molecule has 1 amide bonds. The Hall–Kier alpha value is -4.19. The van der Waals surface area contributed by atoms with Crippen LogP contribution in [-0.2, 0) is 20.9 Å². The zero-order chi connectivity index (χ0) is 29.7. The molecule has 2 unspecified atom stereocenters. The van der Waals surface area contributed by atoms with E-state index in [1.54, 1.807) is 30.3 Å². The van der Waals surface area contributed by atoms with Crippen LogP contribution in [0.1, 0.15) is 35.2 Å². The molecule has 0 radical (unpaired) electrons. The Labute approximate surface area is 246 Å². The van der Waals surface area contributed by atoms with Crippen molar-refractivity contribution >= 4 is 50.8 Å². The molecule has 4 heterocycles. The van der Waals surface area contributed by atoms with Gasteiger partial charge in [0, 0.05) is 36.9 Å². The molecule has 214 valence electrons. The van der Waals surface area contributed by atoms with E-state index in [0.717, 1.165) is 33.4 Å². The number of halogens is 1. The Morgan fingerprint density at radius 3 is 2.51 bits per heavy atom. The van der Waals surface area contributed by atoms with Crippen molar-refractivity contribution < 1.29 is 19.1 Å². The lowest BCUT2D eigenvalue weighted by molar-refractivity contribution is -0.135. The quantitative estimate of drug-likeness (QED) is 0.191. The number of amides is 1. The summed E-state index contributed by atoms with van der Waals surface area (Å²) in [7, 11) is 3.15. The van der Waals surface area contributed by atoms with Crippen LogP contribution in [0.15, 0.2) is 47.3 Å². The molecule has 4 aromatic rings. The number of carbonyl (C=O) groups excluding carboxylic acids is 3. The third-order valence-corrected chi connectivity index (χ3v) is 7.30. The predicted molar refractivity (Wildman–Crippen MR) is 158 cm³/mol. The number of hydrogen-bond acceptors (Lipinski definition) is 9. The number of esters is 1. The number of aldehydes is 1. The summed E-state index contributed by atoms with van der Waals surface area (Å²) in [6.07, 6.45) is 4.90. The lowest BCUT2D eigenvalue weighted by Crippen LogP contribution is -2.38. The molecule has 0 aliphatic carbocycles. The number of likely N-dealkylation sites (tertiary alicyclic amines) is 1. The zero-order valence-electron chi connectivity index (χ0n) is 23.6. The second-order valence-corrected chi connectivity index (χ2v) is 10.7. The monoisotopic (exact) mass is 621 g/mol. The summed E-state index contributed by atoms with van der Waals surface area (Å²) in [5.41, 5.74) is 3.53. The number of pyridine rings is 1. The van der Waals surface area contributed by atoms with Gasteiger partial charge in [-0.1, -0.05) is 19.1 Å². The molecule has 1 saturated heterocycles. The van der Waals surface area contributed by atoms with Crippen LogP contribution in [0.5, 0.6) is 0 Å². The lowest BCUT2D eigenvalue weighted by Gasteiger charge is -2.20. The number of fused-ring (bicyclic) bond motifs is 1. The minimum absolute atomic E-state index is 0.0719. The summed E-state index contributed by atoms with van der Waals surface area (Å²) < 4.78 is 7.24. The van der Waals surface area contributed by atoms with Gasteiger partial charge in [0.1, 0.15) is 29.1 Å². The molecule has 2 atom stereocenters. The van der Waals surface area contributed by atoms with Crippen molar-refractivity contribution in [2.45, 2.75) is 39.8 Å². The van der Waals surface area contributed by atoms with Crippen molar-refractivity contribution in [3.63, 3.8) is 0 Å². The largest absolute Gasteiger partial charge is 0.464 e. The molecule has 0 saturated carbocycles. The number of ether oxygens (including phenoxy) is 1. The second kappa shape index (κ2) is 13.0. The number of aryl methyl sites for hydroxylation is 2. The fourth-order valence-corrected chi connectivity index (χ4v) is 5.06. The molecule has 1 fully saturated rings. The molecule has 1 aliphatic rings. The van der Waals surface area contributed by atoms with E-state index in [4.69, 9.17) is 4.74 Å². The van der Waals surface area contributed by atoms with Gasteiger partial charge in [-0.25, -0.2) is 19.7 Å². The first-order chi connectivity index (χ1) is 19.6. The molecule has 0 spiro atoms. The van der Waals surface area contributed by atoms with Gasteiger partial charge in [0.25, 0.3) is 0 Å². The summed E-state index contributed by atoms with van der Waals surface area (Å²) in [5, 5.41) is 7.93. The van der Waals surface area contributed by atoms with E-state index < -0.39 is 12.0 Å². The van der Waals surface area contributed by atoms with Crippen LogP contribution in [0.4, 0.5) is 5.82 Å². The Bertz CT molecular complexity index is 1570. The highest BCUT2D eigenvalue weighted by atomic mass is 79.9. The van der Waals surface area contributed by atoms with Crippen molar-refractivity contribution in [1.29, 1.82) is 0 Å². The van der Waals surface area contributed by atoms with E-state index >= 15 is 0 Å². The minimum Gasteiger partial charge on any atom is -0.464 e. The maximum Gasteiger partial charge on any atom is 0.359 e. The number of nitrogens with one attached hydrogen (secondary N) is 1. The van der Waals surface area contributed by atoms with Gasteiger partial charge in [0.05, 0.1) is 18.7 Å². The first-order valence-corrected chi connectivity index (χ1v) is 13.9. The highest BCUT2D eigenvalue weighted by molar-refractivity contribution is 9.10. The van der Waals surface area contributed by atoms with Gasteiger partial charge in [-0.05, 0) is 71.4 Å². The summed E-state index contributed by atoms with van der Waals surface area (Å²) in [6.45, 7) is 6.30. The van der Waals surface area contributed by atoms with Gasteiger partial charge in [0.2, 0.25) is 5.91 Å². The number of aromatic nitrogens is 5. The first kappa shape index (κ1) is 29.8. The third kappa shape index (κ3) is 6.76. The lowest BCUT2D eigenvalue weighted by atomic mass is 10.1. The summed E-state index contributed by atoms with van der Waals surface area (Å²) in [4.78, 5) is 50.9. The first-order valence-electron chi connectivity index (χ1n) is 13.1. The van der Waals surface area contributed by atoms with Crippen LogP contribution in [0.2, 0.25) is 0 Å². The molecule has 3 aromatic heterocycles. The molecule has 11 nitrogen and oxygen atoms in total. The van der Waals surface area contributed by atoms with E-state index in [1.165, 1.54) is 11.8 Å². The zero-order valence-corrected chi connectivity index (χ0v) is 25.2. The van der Waals surface area contributed by atoms with Crippen LogP contribution in [-0.4, -0.2) is 74.5 Å². The van der Waals surface area contributed by atoms with Gasteiger partial charge in [-0.3, -0.25) is 9.48 Å². The fourth-order valence-electron chi connectivity index (χ4n) is 4.75. The number of methoxy groups -OCH3 is 1. The molecular formula is C29H32BrN7O4. The summed E-state index contributed by atoms with van der Waals surface area (Å²) >= 11 is 3.29. The van der Waals surface area contributed by atoms with Gasteiger partial charge in [-0.2, -0.15) is 5.10 Å². The van der Waals surface area contributed by atoms with Crippen LogP contribution in [0, 0.1) is 19.8 Å². The molecule has 5 rings (SSSR count). The molecule has 1 aliphatic heterocycles. The smallest absolute Gasteiger partial charge is 0.359 e. The van der Waals surface area contributed by atoms with Crippen molar-refractivity contribution in [3.05, 3.63) is 64.4 Å². The Morgan fingerprint density at radius 2 is 1.88 bits per heavy atom.